The van der Waals surface area contributed by atoms with Gasteiger partial charge in [0.05, 0.1) is 35.6 Å². The number of carbonyl (C=O) groups excluding carboxylic acids is 2. The Bertz CT molecular complexity index is 1760. The molecule has 0 spiro atoms. The van der Waals surface area contributed by atoms with Crippen molar-refractivity contribution in [3.8, 4) is 11.5 Å². The van der Waals surface area contributed by atoms with E-state index in [1.54, 1.807) is 48.6 Å². The van der Waals surface area contributed by atoms with E-state index in [1.165, 1.54) is 61.1 Å². The maximum atomic E-state index is 14.5. The first-order valence-electron chi connectivity index (χ1n) is 15.3. The van der Waals surface area contributed by atoms with Crippen LogP contribution in [0.5, 0.6) is 11.5 Å². The Balaban J connectivity index is 1.11. The molecular weight excluding hydrogens is 674 g/mol. The van der Waals surface area contributed by atoms with Crippen LogP contribution >= 0.6 is 0 Å². The van der Waals surface area contributed by atoms with E-state index >= 15 is 0 Å². The fourth-order valence-electron chi connectivity index (χ4n) is 4.34. The number of hydrogen-bond donors (Lipinski definition) is 0. The van der Waals surface area contributed by atoms with E-state index in [9.17, 15) is 38.6 Å². The highest BCUT2D eigenvalue weighted by Gasteiger charge is 2.13. The summed E-state index contributed by atoms with van der Waals surface area (Å²) in [5.41, 5.74) is 2.46. The SMILES string of the molecule is O=C(OCCc1ccc([N+](=O)[O-])cc1)Oc1ccc(CC=COC=CCc2ccc(OC(=O)OCCc3ccc([N+](=O)[O-])cc3)c(F)c2)cc1F. The Morgan fingerprint density at radius 2 is 0.961 bits per heavy atom. The van der Waals surface area contributed by atoms with Crippen molar-refractivity contribution < 1.29 is 51.9 Å². The lowest BCUT2D eigenvalue weighted by atomic mass is 10.1. The van der Waals surface area contributed by atoms with Crippen LogP contribution in [0.15, 0.2) is 110 Å². The molecule has 0 saturated carbocycles. The van der Waals surface area contributed by atoms with Gasteiger partial charge in [0.1, 0.15) is 0 Å². The zero-order valence-corrected chi connectivity index (χ0v) is 26.8. The molecule has 0 aliphatic heterocycles. The number of benzene rings is 4. The minimum atomic E-state index is -1.09. The molecule has 4 rings (SSSR count). The van der Waals surface area contributed by atoms with Gasteiger partial charge < -0.3 is 23.7 Å². The lowest BCUT2D eigenvalue weighted by Crippen LogP contribution is -2.13. The molecule has 0 heterocycles. The van der Waals surface area contributed by atoms with E-state index in [2.05, 4.69) is 0 Å². The Kier molecular flexibility index (Phi) is 13.7. The number of allylic oxidation sites excluding steroid dienone is 2. The van der Waals surface area contributed by atoms with Crippen molar-refractivity contribution in [2.45, 2.75) is 25.7 Å². The van der Waals surface area contributed by atoms with Gasteiger partial charge in [0.25, 0.3) is 11.4 Å². The fraction of sp³-hybridized carbons (Fsp3) is 0.167. The maximum Gasteiger partial charge on any atom is 0.513 e. The monoisotopic (exact) mass is 704 g/mol. The largest absolute Gasteiger partial charge is 0.513 e. The van der Waals surface area contributed by atoms with Gasteiger partial charge in [-0.05, 0) is 71.5 Å². The third-order valence-electron chi connectivity index (χ3n) is 6.95. The molecule has 0 aliphatic rings. The standard InChI is InChI=1S/C36H30F2N2O11/c37-31-23-27(9-15-33(31)50-35(41)48-21-17-25-5-11-29(12-6-25)39(43)44)3-1-19-47-20-2-4-28-10-16-34(32(38)24-28)51-36(42)49-22-18-26-7-13-30(14-8-26)40(45)46/h1-2,5-16,19-20,23-24H,3-4,17-18,21-22H2. The van der Waals surface area contributed by atoms with Crippen LogP contribution in [-0.2, 0) is 39.9 Å². The van der Waals surface area contributed by atoms with Gasteiger partial charge in [-0.3, -0.25) is 20.2 Å². The van der Waals surface area contributed by atoms with Crippen molar-refractivity contribution in [3.63, 3.8) is 0 Å². The van der Waals surface area contributed by atoms with Gasteiger partial charge in [-0.25, -0.2) is 18.4 Å². The van der Waals surface area contributed by atoms with Crippen LogP contribution in [0.3, 0.4) is 0 Å². The van der Waals surface area contributed by atoms with Gasteiger partial charge in [0.2, 0.25) is 0 Å². The number of ether oxygens (including phenoxy) is 5. The van der Waals surface area contributed by atoms with E-state index in [0.717, 1.165) is 0 Å². The summed E-state index contributed by atoms with van der Waals surface area (Å²) in [6.45, 7) is -0.132. The molecule has 0 saturated heterocycles. The van der Waals surface area contributed by atoms with E-state index < -0.39 is 33.8 Å². The van der Waals surface area contributed by atoms with Gasteiger partial charge in [-0.15, -0.1) is 0 Å². The first-order chi connectivity index (χ1) is 24.6. The highest BCUT2D eigenvalue weighted by atomic mass is 19.1. The first kappa shape index (κ1) is 37.2. The normalized spacial score (nSPS) is 10.9. The van der Waals surface area contributed by atoms with Crippen molar-refractivity contribution in [3.05, 3.63) is 164 Å². The molecule has 264 valence electrons. The summed E-state index contributed by atoms with van der Waals surface area (Å²) >= 11 is 0. The number of rotatable bonds is 16. The average Bonchev–Trinajstić information content (AvgIpc) is 3.10. The highest BCUT2D eigenvalue weighted by Crippen LogP contribution is 2.21. The predicted octanol–water partition coefficient (Wildman–Crippen LogP) is 8.13. The van der Waals surface area contributed by atoms with Crippen molar-refractivity contribution >= 4 is 23.7 Å². The van der Waals surface area contributed by atoms with E-state index in [0.29, 0.717) is 35.1 Å². The van der Waals surface area contributed by atoms with Crippen LogP contribution < -0.4 is 9.47 Å². The Labute approximate surface area is 289 Å². The summed E-state index contributed by atoms with van der Waals surface area (Å²) in [4.78, 5) is 44.3. The van der Waals surface area contributed by atoms with Crippen LogP contribution in [0.2, 0.25) is 0 Å². The second-order valence-corrected chi connectivity index (χ2v) is 10.6. The number of non-ortho nitro benzene ring substituents is 2. The molecule has 13 nitrogen and oxygen atoms in total. The highest BCUT2D eigenvalue weighted by molar-refractivity contribution is 5.64. The molecule has 0 amide bonds. The van der Waals surface area contributed by atoms with Crippen LogP contribution in [0, 0.1) is 31.9 Å². The van der Waals surface area contributed by atoms with E-state index in [1.807, 2.05) is 0 Å². The molecule has 15 heteroatoms. The zero-order valence-electron chi connectivity index (χ0n) is 26.8. The number of nitro groups is 2. The lowest BCUT2D eigenvalue weighted by molar-refractivity contribution is -0.385. The summed E-state index contributed by atoms with van der Waals surface area (Å²) in [6.07, 6.45) is 5.02. The van der Waals surface area contributed by atoms with Gasteiger partial charge in [-0.2, -0.15) is 0 Å². The van der Waals surface area contributed by atoms with Gasteiger partial charge in [0.15, 0.2) is 23.1 Å². The molecule has 4 aromatic rings. The topological polar surface area (TPSA) is 167 Å². The molecule has 0 N–H and O–H groups in total. The average molecular weight is 705 g/mol. The first-order valence-corrected chi connectivity index (χ1v) is 15.3. The molecule has 0 radical (unpaired) electrons. The second kappa shape index (κ2) is 18.8. The van der Waals surface area contributed by atoms with Gasteiger partial charge in [-0.1, -0.05) is 36.4 Å². The summed E-state index contributed by atoms with van der Waals surface area (Å²) < 4.78 is 54.0. The second-order valence-electron chi connectivity index (χ2n) is 10.6. The third kappa shape index (κ3) is 12.4. The molecule has 0 aliphatic carbocycles. The minimum Gasteiger partial charge on any atom is -0.473 e. The summed E-state index contributed by atoms with van der Waals surface area (Å²) in [5.74, 6) is -2.16. The predicted molar refractivity (Wildman–Crippen MR) is 177 cm³/mol. The fourth-order valence-corrected chi connectivity index (χ4v) is 4.34. The van der Waals surface area contributed by atoms with Crippen molar-refractivity contribution in [1.82, 2.24) is 0 Å². The number of halogens is 2. The van der Waals surface area contributed by atoms with Crippen molar-refractivity contribution in [1.29, 1.82) is 0 Å². The number of nitrogens with zero attached hydrogens (tertiary/aromatic N) is 2. The molecule has 51 heavy (non-hydrogen) atoms. The van der Waals surface area contributed by atoms with Crippen LogP contribution in [0.4, 0.5) is 29.7 Å². The number of nitro benzene ring substituents is 2. The molecule has 0 unspecified atom stereocenters. The van der Waals surface area contributed by atoms with Crippen LogP contribution in [0.25, 0.3) is 0 Å². The molecule has 0 aromatic heterocycles. The van der Waals surface area contributed by atoms with E-state index in [-0.39, 0.29) is 48.9 Å². The minimum absolute atomic E-state index is 0.0541. The van der Waals surface area contributed by atoms with E-state index in [4.69, 9.17) is 23.7 Å². The summed E-state index contributed by atoms with van der Waals surface area (Å²) in [6, 6.07) is 19.6. The summed E-state index contributed by atoms with van der Waals surface area (Å²) in [5, 5.41) is 21.4. The Morgan fingerprint density at radius 3 is 1.31 bits per heavy atom. The van der Waals surface area contributed by atoms with Gasteiger partial charge >= 0.3 is 12.3 Å². The summed E-state index contributed by atoms with van der Waals surface area (Å²) in [7, 11) is 0. The maximum absolute atomic E-state index is 14.5. The lowest BCUT2D eigenvalue weighted by Gasteiger charge is -2.08. The molecule has 0 atom stereocenters. The van der Waals surface area contributed by atoms with Crippen molar-refractivity contribution in [2.24, 2.45) is 0 Å². The Hall–Kier alpha value is -6.64. The smallest absolute Gasteiger partial charge is 0.473 e. The quantitative estimate of drug-likeness (QED) is 0.0363. The van der Waals surface area contributed by atoms with Crippen molar-refractivity contribution in [2.75, 3.05) is 13.2 Å². The molecular formula is C36H30F2N2O11. The number of carbonyl (C=O) groups is 2. The molecule has 0 fully saturated rings. The van der Waals surface area contributed by atoms with Gasteiger partial charge in [0, 0.05) is 37.1 Å². The molecule has 4 aromatic carbocycles. The van der Waals surface area contributed by atoms with Crippen LogP contribution in [-0.4, -0.2) is 35.4 Å². The van der Waals surface area contributed by atoms with Crippen LogP contribution in [0.1, 0.15) is 22.3 Å². The Morgan fingerprint density at radius 1 is 0.588 bits per heavy atom. The third-order valence-corrected chi connectivity index (χ3v) is 6.95. The molecule has 0 bridgehead atoms. The number of hydrogen-bond acceptors (Lipinski definition) is 11. The zero-order chi connectivity index (χ0) is 36.6.